The molecule has 3 aromatic heterocycles. The Morgan fingerprint density at radius 1 is 1.00 bits per heavy atom. The van der Waals surface area contributed by atoms with Gasteiger partial charge < -0.3 is 15.1 Å². The Labute approximate surface area is 204 Å². The van der Waals surface area contributed by atoms with E-state index in [0.29, 0.717) is 22.3 Å². The largest absolute Gasteiger partial charge is 0.369 e. The molecule has 1 saturated heterocycles. The van der Waals surface area contributed by atoms with Gasteiger partial charge in [0, 0.05) is 43.8 Å². The van der Waals surface area contributed by atoms with Crippen molar-refractivity contribution in [3.05, 3.63) is 70.1 Å². The number of hydrogen-bond donors (Lipinski definition) is 1. The number of hydrogen-bond acceptors (Lipinski definition) is 9. The first-order chi connectivity index (χ1) is 17.1. The van der Waals surface area contributed by atoms with Crippen LogP contribution in [0, 0.1) is 0 Å². The Morgan fingerprint density at radius 3 is 2.54 bits per heavy atom. The van der Waals surface area contributed by atoms with Crippen molar-refractivity contribution in [3.8, 4) is 5.69 Å². The first-order valence-electron chi connectivity index (χ1n) is 11.1. The number of fused-ring (bicyclic) bond motifs is 3. The number of nitrogens with zero attached hydrogens (tertiary/aromatic N) is 9. The van der Waals surface area contributed by atoms with Crippen LogP contribution >= 0.6 is 11.6 Å². The SMILES string of the molecule is CN1CCN(c2ccc(Nc3ncc4c(=O)n(-c5ccccc5Cl)c5nnnn5c4n3)cc2)CC1. The lowest BCUT2D eigenvalue weighted by atomic mass is 10.2. The number of benzene rings is 2. The molecule has 1 aliphatic rings. The van der Waals surface area contributed by atoms with E-state index in [1.54, 1.807) is 24.3 Å². The standard InChI is InChI=1S/C23H21ClN10O/c1-31-10-12-32(13-11-31)16-8-6-15(7-9-16)26-22-25-14-17-20(27-22)34-23(28-29-30-34)33(21(17)35)19-5-3-2-4-18(19)24/h2-9,14H,10-13H2,1H3,(H,25,26,27). The second kappa shape index (κ2) is 8.60. The normalized spacial score (nSPS) is 14.6. The van der Waals surface area contributed by atoms with Gasteiger partial charge in [0.15, 0.2) is 5.65 Å². The van der Waals surface area contributed by atoms with Gasteiger partial charge in [0.1, 0.15) is 5.39 Å². The van der Waals surface area contributed by atoms with Gasteiger partial charge in [-0.05, 0) is 53.9 Å². The predicted octanol–water partition coefficient (Wildman–Crippen LogP) is 2.37. The molecule has 5 aromatic rings. The highest BCUT2D eigenvalue weighted by molar-refractivity contribution is 6.32. The van der Waals surface area contributed by atoms with Gasteiger partial charge in [-0.25, -0.2) is 9.55 Å². The molecule has 11 nitrogen and oxygen atoms in total. The molecule has 0 atom stereocenters. The summed E-state index contributed by atoms with van der Waals surface area (Å²) in [5.41, 5.74) is 2.42. The Hall–Kier alpha value is -4.09. The van der Waals surface area contributed by atoms with E-state index in [9.17, 15) is 4.79 Å². The smallest absolute Gasteiger partial charge is 0.270 e. The topological polar surface area (TPSA) is 109 Å². The van der Waals surface area contributed by atoms with Gasteiger partial charge in [0.2, 0.25) is 5.95 Å². The Kier molecular flexibility index (Phi) is 5.27. The predicted molar refractivity (Wildman–Crippen MR) is 134 cm³/mol. The van der Waals surface area contributed by atoms with E-state index in [4.69, 9.17) is 11.6 Å². The summed E-state index contributed by atoms with van der Waals surface area (Å²) in [6.07, 6.45) is 1.47. The van der Waals surface area contributed by atoms with Crippen LogP contribution in [0.15, 0.2) is 59.5 Å². The minimum absolute atomic E-state index is 0.205. The quantitative estimate of drug-likeness (QED) is 0.407. The van der Waals surface area contributed by atoms with E-state index in [0.717, 1.165) is 31.9 Å². The summed E-state index contributed by atoms with van der Waals surface area (Å²) in [6, 6.07) is 15.1. The fourth-order valence-corrected chi connectivity index (χ4v) is 4.44. The van der Waals surface area contributed by atoms with Crippen molar-refractivity contribution >= 4 is 45.7 Å². The van der Waals surface area contributed by atoms with Gasteiger partial charge in [-0.1, -0.05) is 28.8 Å². The highest BCUT2D eigenvalue weighted by Gasteiger charge is 2.19. The van der Waals surface area contributed by atoms with Crippen molar-refractivity contribution < 1.29 is 0 Å². The number of para-hydroxylation sites is 1. The maximum Gasteiger partial charge on any atom is 0.270 e. The van der Waals surface area contributed by atoms with E-state index in [2.05, 4.69) is 59.8 Å². The fraction of sp³-hybridized carbons (Fsp3) is 0.217. The van der Waals surface area contributed by atoms with Crippen molar-refractivity contribution in [2.24, 2.45) is 0 Å². The number of anilines is 3. The van der Waals surface area contributed by atoms with Gasteiger partial charge in [0.05, 0.1) is 10.7 Å². The summed E-state index contributed by atoms with van der Waals surface area (Å²) in [5.74, 6) is 0.535. The van der Waals surface area contributed by atoms with Crippen LogP contribution in [0.3, 0.4) is 0 Å². The van der Waals surface area contributed by atoms with Gasteiger partial charge >= 0.3 is 0 Å². The van der Waals surface area contributed by atoms with Crippen molar-refractivity contribution in [3.63, 3.8) is 0 Å². The Morgan fingerprint density at radius 2 is 1.77 bits per heavy atom. The van der Waals surface area contributed by atoms with Crippen molar-refractivity contribution in [2.45, 2.75) is 0 Å². The molecule has 0 aliphatic carbocycles. The molecule has 0 unspecified atom stereocenters. The van der Waals surface area contributed by atoms with Crippen LogP contribution in [-0.2, 0) is 0 Å². The monoisotopic (exact) mass is 488 g/mol. The molecule has 0 saturated carbocycles. The summed E-state index contributed by atoms with van der Waals surface area (Å²) in [6.45, 7) is 4.11. The number of tetrazole rings is 1. The molecular weight excluding hydrogens is 468 g/mol. The lowest BCUT2D eigenvalue weighted by molar-refractivity contribution is 0.313. The van der Waals surface area contributed by atoms with E-state index in [1.165, 1.54) is 21.0 Å². The average Bonchev–Trinajstić information content (AvgIpc) is 3.36. The van der Waals surface area contributed by atoms with Gasteiger partial charge in [-0.15, -0.1) is 0 Å². The van der Waals surface area contributed by atoms with Crippen LogP contribution < -0.4 is 15.8 Å². The number of aromatic nitrogens is 7. The number of piperazine rings is 1. The number of nitrogens with one attached hydrogen (secondary N) is 1. The van der Waals surface area contributed by atoms with Gasteiger partial charge in [0.25, 0.3) is 11.3 Å². The molecule has 176 valence electrons. The van der Waals surface area contributed by atoms with Crippen LogP contribution in [0.1, 0.15) is 0 Å². The van der Waals surface area contributed by atoms with Crippen LogP contribution in [0.4, 0.5) is 17.3 Å². The zero-order chi connectivity index (χ0) is 23.9. The lowest BCUT2D eigenvalue weighted by Crippen LogP contribution is -2.44. The van der Waals surface area contributed by atoms with Crippen molar-refractivity contribution in [2.75, 3.05) is 43.4 Å². The van der Waals surface area contributed by atoms with Crippen molar-refractivity contribution in [1.29, 1.82) is 0 Å². The zero-order valence-corrected chi connectivity index (χ0v) is 19.6. The summed E-state index contributed by atoms with van der Waals surface area (Å²) >= 11 is 6.35. The maximum absolute atomic E-state index is 13.4. The van der Waals surface area contributed by atoms with Gasteiger partial charge in [-0.3, -0.25) is 4.79 Å². The maximum atomic E-state index is 13.4. The summed E-state index contributed by atoms with van der Waals surface area (Å²) in [4.78, 5) is 27.0. The second-order valence-electron chi connectivity index (χ2n) is 8.38. The minimum atomic E-state index is -0.363. The third-order valence-electron chi connectivity index (χ3n) is 6.14. The van der Waals surface area contributed by atoms with Crippen LogP contribution in [-0.4, -0.2) is 72.7 Å². The molecule has 0 radical (unpaired) electrons. The first-order valence-corrected chi connectivity index (χ1v) is 11.5. The van der Waals surface area contributed by atoms with Crippen LogP contribution in [0.25, 0.3) is 22.5 Å². The van der Waals surface area contributed by atoms with Crippen LogP contribution in [0.2, 0.25) is 5.02 Å². The molecule has 4 heterocycles. The molecule has 0 spiro atoms. The second-order valence-corrected chi connectivity index (χ2v) is 8.78. The summed E-state index contributed by atoms with van der Waals surface area (Å²) in [7, 11) is 2.14. The number of halogens is 1. The first kappa shape index (κ1) is 21.4. The molecule has 0 bridgehead atoms. The third kappa shape index (κ3) is 3.84. The summed E-state index contributed by atoms with van der Waals surface area (Å²) < 4.78 is 2.77. The molecular formula is C23H21ClN10O. The minimum Gasteiger partial charge on any atom is -0.369 e. The molecule has 0 amide bonds. The van der Waals surface area contributed by atoms with E-state index in [1.807, 2.05) is 12.1 Å². The zero-order valence-electron chi connectivity index (χ0n) is 18.8. The molecule has 35 heavy (non-hydrogen) atoms. The molecule has 2 aromatic carbocycles. The third-order valence-corrected chi connectivity index (χ3v) is 6.46. The number of likely N-dealkylation sites (N-methyl/N-ethyl adjacent to an activating group) is 1. The Balaban J connectivity index is 1.35. The highest BCUT2D eigenvalue weighted by Crippen LogP contribution is 2.23. The molecule has 6 rings (SSSR count). The van der Waals surface area contributed by atoms with E-state index < -0.39 is 0 Å². The molecule has 1 N–H and O–H groups in total. The molecule has 1 aliphatic heterocycles. The van der Waals surface area contributed by atoms with E-state index in [-0.39, 0.29) is 16.7 Å². The molecule has 12 heteroatoms. The number of rotatable bonds is 4. The molecule has 1 fully saturated rings. The Bertz CT molecular complexity index is 1590. The van der Waals surface area contributed by atoms with Gasteiger partial charge in [-0.2, -0.15) is 9.50 Å². The summed E-state index contributed by atoms with van der Waals surface area (Å²) in [5, 5.41) is 15.7. The lowest BCUT2D eigenvalue weighted by Gasteiger charge is -2.34. The highest BCUT2D eigenvalue weighted by atomic mass is 35.5. The van der Waals surface area contributed by atoms with Crippen LogP contribution in [0.5, 0.6) is 0 Å². The van der Waals surface area contributed by atoms with E-state index >= 15 is 0 Å². The fourth-order valence-electron chi connectivity index (χ4n) is 4.22. The van der Waals surface area contributed by atoms with Crippen molar-refractivity contribution in [1.82, 2.24) is 39.5 Å². The average molecular weight is 489 g/mol.